The highest BCUT2D eigenvalue weighted by molar-refractivity contribution is 6.18. The number of nitrogens with one attached hydrogen (secondary N) is 1. The van der Waals surface area contributed by atoms with E-state index in [9.17, 15) is 14.9 Å². The Hall–Kier alpha value is -2.65. The zero-order valence-corrected chi connectivity index (χ0v) is 16.7. The molecular weight excluding hydrogens is 407 g/mol. The maximum atomic E-state index is 11.9. The minimum atomic E-state index is -0.607. The second kappa shape index (κ2) is 10.6. The summed E-state index contributed by atoms with van der Waals surface area (Å²) in [6.07, 6.45) is 2.73. The van der Waals surface area contributed by atoms with Crippen LogP contribution in [0.3, 0.4) is 0 Å². The van der Waals surface area contributed by atoms with Crippen molar-refractivity contribution < 1.29 is 9.72 Å². The van der Waals surface area contributed by atoms with E-state index in [2.05, 4.69) is 20.4 Å². The molecule has 0 aliphatic rings. The average molecular weight is 427 g/mol. The molecule has 0 unspecified atom stereocenters. The Kier molecular flexibility index (Phi) is 8.21. The second-order valence-corrected chi connectivity index (χ2v) is 6.54. The Balaban J connectivity index is 1.91. The van der Waals surface area contributed by atoms with Crippen LogP contribution >= 0.6 is 23.2 Å². The summed E-state index contributed by atoms with van der Waals surface area (Å²) in [5.74, 6) is 0.668. The molecule has 150 valence electrons. The van der Waals surface area contributed by atoms with Gasteiger partial charge >= 0.3 is 5.82 Å². The molecule has 0 spiro atoms. The number of carbonyl (C=O) groups excluding carboxylic acids is 1. The van der Waals surface area contributed by atoms with Crippen molar-refractivity contribution in [1.29, 1.82) is 0 Å². The molecular formula is C17H20Cl2N6O3. The molecule has 1 N–H and O–H groups in total. The van der Waals surface area contributed by atoms with Crippen molar-refractivity contribution >= 4 is 46.8 Å². The average Bonchev–Trinajstić information content (AvgIpc) is 3.03. The number of benzene rings is 1. The van der Waals surface area contributed by atoms with Crippen LogP contribution in [0.25, 0.3) is 0 Å². The summed E-state index contributed by atoms with van der Waals surface area (Å²) >= 11 is 11.6. The summed E-state index contributed by atoms with van der Waals surface area (Å²) < 4.78 is 1.39. The van der Waals surface area contributed by atoms with Gasteiger partial charge in [-0.05, 0) is 27.6 Å². The van der Waals surface area contributed by atoms with Gasteiger partial charge in [0, 0.05) is 37.5 Å². The molecule has 1 aromatic carbocycles. The van der Waals surface area contributed by atoms with Crippen LogP contribution in [0.1, 0.15) is 11.4 Å². The van der Waals surface area contributed by atoms with Gasteiger partial charge < -0.3 is 15.0 Å². The largest absolute Gasteiger partial charge is 0.381 e. The van der Waals surface area contributed by atoms with Gasteiger partial charge in [-0.3, -0.25) is 9.36 Å². The molecule has 0 saturated carbocycles. The topological polar surface area (TPSA) is 106 Å². The van der Waals surface area contributed by atoms with Crippen molar-refractivity contribution in [3.63, 3.8) is 0 Å². The number of aromatic nitrogens is 2. The number of anilines is 1. The molecule has 2 rings (SSSR count). The molecule has 0 aliphatic carbocycles. The minimum absolute atomic E-state index is 0.116. The van der Waals surface area contributed by atoms with E-state index >= 15 is 0 Å². The zero-order valence-electron chi connectivity index (χ0n) is 15.2. The lowest BCUT2D eigenvalue weighted by Crippen LogP contribution is -2.27. The molecule has 0 bridgehead atoms. The fourth-order valence-electron chi connectivity index (χ4n) is 2.45. The van der Waals surface area contributed by atoms with Crippen LogP contribution in [-0.2, 0) is 11.3 Å². The van der Waals surface area contributed by atoms with Gasteiger partial charge in [-0.2, -0.15) is 5.10 Å². The highest BCUT2D eigenvalue weighted by Crippen LogP contribution is 2.15. The molecule has 1 amide bonds. The van der Waals surface area contributed by atoms with Gasteiger partial charge in [-0.25, -0.2) is 5.43 Å². The first-order chi connectivity index (χ1) is 13.4. The lowest BCUT2D eigenvalue weighted by molar-refractivity contribution is -0.389. The van der Waals surface area contributed by atoms with Crippen LogP contribution < -0.4 is 10.3 Å². The number of halogens is 2. The van der Waals surface area contributed by atoms with Crippen LogP contribution in [-0.4, -0.2) is 51.4 Å². The van der Waals surface area contributed by atoms with E-state index in [4.69, 9.17) is 23.2 Å². The van der Waals surface area contributed by atoms with Gasteiger partial charge in [0.05, 0.1) is 6.21 Å². The van der Waals surface area contributed by atoms with E-state index in [1.807, 2.05) is 24.3 Å². The van der Waals surface area contributed by atoms with Crippen molar-refractivity contribution in [1.82, 2.24) is 15.0 Å². The number of alkyl halides is 2. The minimum Gasteiger partial charge on any atom is -0.369 e. The highest BCUT2D eigenvalue weighted by Gasteiger charge is 2.16. The Morgan fingerprint density at radius 2 is 1.96 bits per heavy atom. The summed E-state index contributed by atoms with van der Waals surface area (Å²) in [7, 11) is 0. The highest BCUT2D eigenvalue weighted by atomic mass is 35.5. The second-order valence-electron chi connectivity index (χ2n) is 5.78. The molecule has 0 fully saturated rings. The van der Waals surface area contributed by atoms with Crippen molar-refractivity contribution in [2.45, 2.75) is 13.5 Å². The molecule has 1 aromatic heterocycles. The van der Waals surface area contributed by atoms with Gasteiger partial charge in [0.2, 0.25) is 5.82 Å². The van der Waals surface area contributed by atoms with E-state index in [0.29, 0.717) is 30.7 Å². The van der Waals surface area contributed by atoms with Crippen LogP contribution in [0.4, 0.5) is 11.5 Å². The number of rotatable bonds is 10. The van der Waals surface area contributed by atoms with Gasteiger partial charge in [0.1, 0.15) is 12.7 Å². The Morgan fingerprint density at radius 3 is 2.50 bits per heavy atom. The maximum Gasteiger partial charge on any atom is 0.381 e. The molecule has 0 atom stereocenters. The summed E-state index contributed by atoms with van der Waals surface area (Å²) in [5.41, 5.74) is 4.19. The normalized spacial score (nSPS) is 11.0. The summed E-state index contributed by atoms with van der Waals surface area (Å²) in [6.45, 7) is 2.87. The quantitative estimate of drug-likeness (QED) is 0.272. The number of aryl methyl sites for hydroxylation is 1. The van der Waals surface area contributed by atoms with E-state index < -0.39 is 10.8 Å². The first-order valence-electron chi connectivity index (χ1n) is 8.41. The zero-order chi connectivity index (χ0) is 20.5. The molecule has 0 radical (unpaired) electrons. The van der Waals surface area contributed by atoms with Crippen molar-refractivity contribution in [2.75, 3.05) is 29.7 Å². The monoisotopic (exact) mass is 426 g/mol. The third-order valence-electron chi connectivity index (χ3n) is 3.83. The number of hydrogen-bond donors (Lipinski definition) is 1. The predicted octanol–water partition coefficient (Wildman–Crippen LogP) is 2.53. The van der Waals surface area contributed by atoms with Crippen LogP contribution in [0.5, 0.6) is 0 Å². The Morgan fingerprint density at radius 1 is 1.32 bits per heavy atom. The molecule has 28 heavy (non-hydrogen) atoms. The maximum absolute atomic E-state index is 11.9. The molecule has 2 aromatic rings. The molecule has 9 nitrogen and oxygen atoms in total. The van der Waals surface area contributed by atoms with E-state index in [1.165, 1.54) is 17.0 Å². The number of carbonyl (C=O) groups is 1. The van der Waals surface area contributed by atoms with Gasteiger partial charge in [-0.1, -0.05) is 12.1 Å². The first kappa shape index (κ1) is 21.6. The summed E-state index contributed by atoms with van der Waals surface area (Å²) in [5, 5.41) is 14.6. The standard InChI is InChI=1S/C17H20Cl2N6O3/c1-13-21-16(25(27)28)11-24(13)12-17(26)22-20-10-14-2-4-15(5-3-14)23(8-6-18)9-7-19/h2-5,10-11H,6-9,12H2,1H3,(H,22,26)/b20-10+. The number of nitrogens with zero attached hydrogens (tertiary/aromatic N) is 5. The van der Waals surface area contributed by atoms with E-state index in [1.54, 1.807) is 6.92 Å². The number of nitro groups is 1. The first-order valence-corrected chi connectivity index (χ1v) is 9.48. The van der Waals surface area contributed by atoms with Crippen LogP contribution in [0.15, 0.2) is 35.6 Å². The number of amides is 1. The van der Waals surface area contributed by atoms with Crippen LogP contribution in [0, 0.1) is 17.0 Å². The van der Waals surface area contributed by atoms with E-state index in [-0.39, 0.29) is 12.4 Å². The smallest absolute Gasteiger partial charge is 0.369 e. The van der Waals surface area contributed by atoms with E-state index in [0.717, 1.165) is 11.3 Å². The molecule has 11 heteroatoms. The molecule has 0 aliphatic heterocycles. The predicted molar refractivity (Wildman–Crippen MR) is 109 cm³/mol. The van der Waals surface area contributed by atoms with Crippen molar-refractivity contribution in [2.24, 2.45) is 5.10 Å². The van der Waals surface area contributed by atoms with Gasteiger partial charge in [0.15, 0.2) is 0 Å². The third kappa shape index (κ3) is 6.21. The summed E-state index contributed by atoms with van der Waals surface area (Å²) in [4.78, 5) is 27.9. The lowest BCUT2D eigenvalue weighted by atomic mass is 10.2. The lowest BCUT2D eigenvalue weighted by Gasteiger charge is -2.22. The number of hydrazone groups is 1. The number of hydrogen-bond acceptors (Lipinski definition) is 6. The van der Waals surface area contributed by atoms with Gasteiger partial charge in [0.25, 0.3) is 5.91 Å². The fourth-order valence-corrected chi connectivity index (χ4v) is 2.86. The van der Waals surface area contributed by atoms with Crippen LogP contribution in [0.2, 0.25) is 0 Å². The number of imidazole rings is 1. The third-order valence-corrected chi connectivity index (χ3v) is 4.17. The van der Waals surface area contributed by atoms with Crippen molar-refractivity contribution in [3.05, 3.63) is 52.0 Å². The molecule has 0 saturated heterocycles. The Labute approximate surface area is 172 Å². The fraction of sp³-hybridized carbons (Fsp3) is 0.353. The van der Waals surface area contributed by atoms with Crippen molar-refractivity contribution in [3.8, 4) is 0 Å². The SMILES string of the molecule is Cc1nc([N+](=O)[O-])cn1CC(=O)N/N=C/c1ccc(N(CCCl)CCCl)cc1. The molecule has 1 heterocycles. The van der Waals surface area contributed by atoms with Gasteiger partial charge in [-0.15, -0.1) is 23.2 Å². The Bertz CT molecular complexity index is 832. The summed E-state index contributed by atoms with van der Waals surface area (Å²) in [6, 6.07) is 7.58.